The summed E-state index contributed by atoms with van der Waals surface area (Å²) in [4.78, 5) is 4.41. The van der Waals surface area contributed by atoms with Gasteiger partial charge >= 0.3 is 0 Å². The smallest absolute Gasteiger partial charge is 0.202 e. The lowest BCUT2D eigenvalue weighted by atomic mass is 10.1. The summed E-state index contributed by atoms with van der Waals surface area (Å²) < 4.78 is 2.02. The number of nitrogens with zero attached hydrogens (tertiary/aromatic N) is 2. The van der Waals surface area contributed by atoms with Crippen molar-refractivity contribution in [2.45, 2.75) is 20.3 Å². The Morgan fingerprint density at radius 3 is 2.76 bits per heavy atom. The van der Waals surface area contributed by atoms with Crippen LogP contribution in [0, 0.1) is 13.8 Å². The molecule has 0 aliphatic rings. The van der Waals surface area contributed by atoms with Gasteiger partial charge in [0.15, 0.2) is 0 Å². The molecule has 0 aliphatic carbocycles. The van der Waals surface area contributed by atoms with Crippen LogP contribution in [0.3, 0.4) is 0 Å². The van der Waals surface area contributed by atoms with Crippen LogP contribution in [0.2, 0.25) is 0 Å². The monoisotopic (exact) mass is 229 g/mol. The molecule has 2 aromatic rings. The first-order chi connectivity index (χ1) is 8.15. The van der Waals surface area contributed by atoms with E-state index in [2.05, 4.69) is 41.5 Å². The molecule has 17 heavy (non-hydrogen) atoms. The van der Waals surface area contributed by atoms with Gasteiger partial charge in [-0.25, -0.2) is 4.98 Å². The molecule has 0 fully saturated rings. The highest BCUT2D eigenvalue weighted by Crippen LogP contribution is 2.07. The van der Waals surface area contributed by atoms with Gasteiger partial charge in [0.25, 0.3) is 0 Å². The average molecular weight is 229 g/mol. The highest BCUT2D eigenvalue weighted by molar-refractivity contribution is 5.29. The fourth-order valence-corrected chi connectivity index (χ4v) is 1.97. The Balaban J connectivity index is 1.89. The van der Waals surface area contributed by atoms with E-state index in [1.807, 2.05) is 24.7 Å². The molecule has 0 radical (unpaired) electrons. The third kappa shape index (κ3) is 3.09. The normalized spacial score (nSPS) is 10.5. The Bertz CT molecular complexity index is 500. The largest absolute Gasteiger partial charge is 0.355 e. The first kappa shape index (κ1) is 11.7. The lowest BCUT2D eigenvalue weighted by Crippen LogP contribution is -2.08. The van der Waals surface area contributed by atoms with Crippen LogP contribution in [0.4, 0.5) is 5.95 Å². The van der Waals surface area contributed by atoms with Crippen molar-refractivity contribution in [1.82, 2.24) is 9.55 Å². The second-order valence-corrected chi connectivity index (χ2v) is 4.48. The summed E-state index contributed by atoms with van der Waals surface area (Å²) in [7, 11) is 2.01. The van der Waals surface area contributed by atoms with Gasteiger partial charge in [-0.1, -0.05) is 29.8 Å². The number of nitrogens with one attached hydrogen (secondary N) is 1. The number of hydrogen-bond acceptors (Lipinski definition) is 2. The minimum absolute atomic E-state index is 0.910. The fraction of sp³-hybridized carbons (Fsp3) is 0.357. The Kier molecular flexibility index (Phi) is 3.47. The molecule has 1 heterocycles. The van der Waals surface area contributed by atoms with Crippen LogP contribution in [0.1, 0.15) is 16.8 Å². The number of aryl methyl sites for hydroxylation is 3. The van der Waals surface area contributed by atoms with Crippen molar-refractivity contribution in [2.24, 2.45) is 7.05 Å². The minimum atomic E-state index is 0.910. The number of hydrogen-bond donors (Lipinski definition) is 1. The van der Waals surface area contributed by atoms with Crippen LogP contribution in [0.15, 0.2) is 30.5 Å². The molecule has 1 aromatic carbocycles. The zero-order valence-electron chi connectivity index (χ0n) is 10.7. The minimum Gasteiger partial charge on any atom is -0.355 e. The second-order valence-electron chi connectivity index (χ2n) is 4.48. The first-order valence-electron chi connectivity index (χ1n) is 5.94. The summed E-state index contributed by atoms with van der Waals surface area (Å²) in [5, 5.41) is 3.35. The molecule has 3 nitrogen and oxygen atoms in total. The number of imidazole rings is 1. The fourth-order valence-electron chi connectivity index (χ4n) is 1.97. The molecule has 1 N–H and O–H groups in total. The van der Waals surface area contributed by atoms with E-state index in [0.717, 1.165) is 24.6 Å². The molecule has 0 atom stereocenters. The Morgan fingerprint density at radius 2 is 2.12 bits per heavy atom. The van der Waals surface area contributed by atoms with Crippen LogP contribution in [0.25, 0.3) is 0 Å². The molecule has 0 saturated heterocycles. The van der Waals surface area contributed by atoms with E-state index < -0.39 is 0 Å². The van der Waals surface area contributed by atoms with Crippen LogP contribution in [-0.4, -0.2) is 16.1 Å². The third-order valence-corrected chi connectivity index (χ3v) is 2.78. The van der Waals surface area contributed by atoms with Crippen molar-refractivity contribution in [3.05, 3.63) is 47.3 Å². The zero-order chi connectivity index (χ0) is 12.3. The molecule has 0 aliphatic heterocycles. The van der Waals surface area contributed by atoms with Crippen LogP contribution < -0.4 is 5.32 Å². The van der Waals surface area contributed by atoms with Gasteiger partial charge in [-0.15, -0.1) is 0 Å². The first-order valence-corrected chi connectivity index (χ1v) is 5.94. The summed E-state index contributed by atoms with van der Waals surface area (Å²) in [5.41, 5.74) is 3.73. The van der Waals surface area contributed by atoms with E-state index in [0.29, 0.717) is 0 Å². The van der Waals surface area contributed by atoms with E-state index >= 15 is 0 Å². The quantitative estimate of drug-likeness (QED) is 0.873. The van der Waals surface area contributed by atoms with E-state index in [9.17, 15) is 0 Å². The van der Waals surface area contributed by atoms with Crippen molar-refractivity contribution in [3.63, 3.8) is 0 Å². The standard InChI is InChI=1S/C14H19N3/c1-11-5-4-6-13(9-11)7-8-15-14-16-12(2)10-17(14)3/h4-6,9-10H,7-8H2,1-3H3,(H,15,16). The predicted molar refractivity (Wildman–Crippen MR) is 71.3 cm³/mol. The maximum absolute atomic E-state index is 4.41. The molecule has 3 heteroatoms. The number of aromatic nitrogens is 2. The van der Waals surface area contributed by atoms with Gasteiger partial charge in [0.1, 0.15) is 0 Å². The van der Waals surface area contributed by atoms with E-state index in [-0.39, 0.29) is 0 Å². The maximum Gasteiger partial charge on any atom is 0.202 e. The molecule has 1 aromatic heterocycles. The van der Waals surface area contributed by atoms with Crippen molar-refractivity contribution in [2.75, 3.05) is 11.9 Å². The van der Waals surface area contributed by atoms with E-state index in [1.165, 1.54) is 11.1 Å². The Labute approximate surface area is 103 Å². The Hall–Kier alpha value is -1.77. The van der Waals surface area contributed by atoms with Gasteiger partial charge in [0.2, 0.25) is 5.95 Å². The van der Waals surface area contributed by atoms with Gasteiger partial charge in [-0.2, -0.15) is 0 Å². The molecule has 0 spiro atoms. The van der Waals surface area contributed by atoms with E-state index in [4.69, 9.17) is 0 Å². The summed E-state index contributed by atoms with van der Waals surface area (Å²) in [5.74, 6) is 0.940. The summed E-state index contributed by atoms with van der Waals surface area (Å²) >= 11 is 0. The van der Waals surface area contributed by atoms with Gasteiger partial charge in [0, 0.05) is 19.8 Å². The summed E-state index contributed by atoms with van der Waals surface area (Å²) in [6.45, 7) is 5.04. The molecule has 2 rings (SSSR count). The average Bonchev–Trinajstić information content (AvgIpc) is 2.58. The van der Waals surface area contributed by atoms with Gasteiger partial charge in [0.05, 0.1) is 5.69 Å². The van der Waals surface area contributed by atoms with Gasteiger partial charge in [-0.05, 0) is 25.8 Å². The summed E-state index contributed by atoms with van der Waals surface area (Å²) in [6.07, 6.45) is 3.04. The molecule has 0 amide bonds. The lowest BCUT2D eigenvalue weighted by molar-refractivity contribution is 0.889. The molecule has 0 unspecified atom stereocenters. The SMILES string of the molecule is Cc1cccc(CCNc2nc(C)cn2C)c1. The van der Waals surface area contributed by atoms with Gasteiger partial charge in [-0.3, -0.25) is 0 Å². The predicted octanol–water partition coefficient (Wildman–Crippen LogP) is 2.69. The number of anilines is 1. The van der Waals surface area contributed by atoms with E-state index in [1.54, 1.807) is 0 Å². The van der Waals surface area contributed by atoms with Crippen molar-refractivity contribution < 1.29 is 0 Å². The van der Waals surface area contributed by atoms with Crippen LogP contribution >= 0.6 is 0 Å². The van der Waals surface area contributed by atoms with Gasteiger partial charge < -0.3 is 9.88 Å². The number of rotatable bonds is 4. The molecule has 90 valence electrons. The third-order valence-electron chi connectivity index (χ3n) is 2.78. The molecular weight excluding hydrogens is 210 g/mol. The van der Waals surface area contributed by atoms with Crippen molar-refractivity contribution in [3.8, 4) is 0 Å². The highest BCUT2D eigenvalue weighted by Gasteiger charge is 2.00. The van der Waals surface area contributed by atoms with Crippen LogP contribution in [0.5, 0.6) is 0 Å². The Morgan fingerprint density at radius 1 is 1.29 bits per heavy atom. The topological polar surface area (TPSA) is 29.9 Å². The lowest BCUT2D eigenvalue weighted by Gasteiger charge is -2.06. The molecular formula is C14H19N3. The maximum atomic E-state index is 4.41. The molecule has 0 bridgehead atoms. The van der Waals surface area contributed by atoms with Crippen molar-refractivity contribution >= 4 is 5.95 Å². The van der Waals surface area contributed by atoms with Crippen molar-refractivity contribution in [1.29, 1.82) is 0 Å². The molecule has 0 saturated carbocycles. The second kappa shape index (κ2) is 5.04. The highest BCUT2D eigenvalue weighted by atomic mass is 15.2. The summed E-state index contributed by atoms with van der Waals surface area (Å²) in [6, 6.07) is 8.62. The van der Waals surface area contributed by atoms with Crippen LogP contribution in [-0.2, 0) is 13.5 Å². The zero-order valence-corrected chi connectivity index (χ0v) is 10.7. The number of benzene rings is 1.